The molecule has 26 heavy (non-hydrogen) atoms. The quantitative estimate of drug-likeness (QED) is 0.810. The summed E-state index contributed by atoms with van der Waals surface area (Å²) in [5.74, 6) is 0.0534. The molecule has 1 heterocycles. The highest BCUT2D eigenvalue weighted by Crippen LogP contribution is 2.24. The Hall–Kier alpha value is -2.22. The SMILES string of the molecule is CC(O)(CNS(=O)(=O)c1ccc(N2CCCC2=O)cc1)c1ccccc1. The Morgan fingerprint density at radius 2 is 1.77 bits per heavy atom. The van der Waals surface area contributed by atoms with E-state index < -0.39 is 15.6 Å². The van der Waals surface area contributed by atoms with E-state index in [2.05, 4.69) is 4.72 Å². The van der Waals surface area contributed by atoms with Gasteiger partial charge in [-0.3, -0.25) is 4.79 Å². The largest absolute Gasteiger partial charge is 0.384 e. The third-order valence-electron chi connectivity index (χ3n) is 4.53. The van der Waals surface area contributed by atoms with E-state index in [9.17, 15) is 18.3 Å². The van der Waals surface area contributed by atoms with E-state index >= 15 is 0 Å². The lowest BCUT2D eigenvalue weighted by molar-refractivity contribution is -0.117. The fourth-order valence-electron chi connectivity index (χ4n) is 2.94. The molecule has 0 saturated carbocycles. The van der Waals surface area contributed by atoms with Crippen molar-refractivity contribution in [2.24, 2.45) is 0 Å². The van der Waals surface area contributed by atoms with Crippen LogP contribution in [-0.2, 0) is 20.4 Å². The molecule has 7 heteroatoms. The number of aliphatic hydroxyl groups is 1. The van der Waals surface area contributed by atoms with Gasteiger partial charge in [0.1, 0.15) is 5.60 Å². The number of nitrogens with zero attached hydrogens (tertiary/aromatic N) is 1. The number of amides is 1. The minimum Gasteiger partial charge on any atom is -0.384 e. The van der Waals surface area contributed by atoms with Crippen LogP contribution in [0.25, 0.3) is 0 Å². The molecule has 0 radical (unpaired) electrons. The second-order valence-corrected chi connectivity index (χ2v) is 8.37. The molecule has 2 N–H and O–H groups in total. The molecule has 1 atom stereocenters. The minimum absolute atomic E-state index is 0.0534. The number of nitrogens with one attached hydrogen (secondary N) is 1. The van der Waals surface area contributed by atoms with Crippen LogP contribution in [0, 0.1) is 0 Å². The normalized spacial score (nSPS) is 17.3. The van der Waals surface area contributed by atoms with Crippen LogP contribution >= 0.6 is 0 Å². The molecule has 1 saturated heterocycles. The van der Waals surface area contributed by atoms with Crippen molar-refractivity contribution in [3.05, 3.63) is 60.2 Å². The van der Waals surface area contributed by atoms with E-state index in [-0.39, 0.29) is 17.3 Å². The van der Waals surface area contributed by atoms with E-state index in [1.807, 2.05) is 6.07 Å². The Morgan fingerprint density at radius 3 is 2.35 bits per heavy atom. The Morgan fingerprint density at radius 1 is 1.12 bits per heavy atom. The van der Waals surface area contributed by atoms with Crippen molar-refractivity contribution >= 4 is 21.6 Å². The first-order valence-corrected chi connectivity index (χ1v) is 9.96. The molecule has 1 fully saturated rings. The first-order chi connectivity index (χ1) is 12.3. The minimum atomic E-state index is -3.77. The molecule has 0 aliphatic carbocycles. The van der Waals surface area contributed by atoms with Gasteiger partial charge in [0, 0.05) is 25.2 Å². The molecular formula is C19H22N2O4S. The summed E-state index contributed by atoms with van der Waals surface area (Å²) < 4.78 is 27.5. The fourth-order valence-corrected chi connectivity index (χ4v) is 4.08. The summed E-state index contributed by atoms with van der Waals surface area (Å²) in [5, 5.41) is 10.5. The smallest absolute Gasteiger partial charge is 0.240 e. The highest BCUT2D eigenvalue weighted by Gasteiger charge is 2.26. The summed E-state index contributed by atoms with van der Waals surface area (Å²) in [4.78, 5) is 13.5. The Balaban J connectivity index is 1.71. The second kappa shape index (κ2) is 7.19. The van der Waals surface area contributed by atoms with Crippen LogP contribution in [0.4, 0.5) is 5.69 Å². The third-order valence-corrected chi connectivity index (χ3v) is 5.95. The standard InChI is InChI=1S/C19H22N2O4S/c1-19(23,15-6-3-2-4-7-15)14-20-26(24,25)17-11-9-16(10-12-17)21-13-5-8-18(21)22/h2-4,6-7,9-12,20,23H,5,8,13-14H2,1H3. The molecular weight excluding hydrogens is 352 g/mol. The van der Waals surface area contributed by atoms with Crippen LogP contribution in [-0.4, -0.2) is 32.5 Å². The first-order valence-electron chi connectivity index (χ1n) is 8.48. The number of rotatable bonds is 6. The van der Waals surface area contributed by atoms with Crippen LogP contribution in [0.2, 0.25) is 0 Å². The van der Waals surface area contributed by atoms with Crippen molar-refractivity contribution in [3.63, 3.8) is 0 Å². The summed E-state index contributed by atoms with van der Waals surface area (Å²) in [7, 11) is -3.77. The maximum absolute atomic E-state index is 12.5. The number of sulfonamides is 1. The molecule has 2 aromatic rings. The van der Waals surface area contributed by atoms with Gasteiger partial charge in [-0.2, -0.15) is 0 Å². The van der Waals surface area contributed by atoms with Gasteiger partial charge in [-0.15, -0.1) is 0 Å². The van der Waals surface area contributed by atoms with Gasteiger partial charge in [0.2, 0.25) is 15.9 Å². The Bertz CT molecular complexity index is 878. The lowest BCUT2D eigenvalue weighted by atomic mass is 9.97. The molecule has 138 valence electrons. The van der Waals surface area contributed by atoms with Gasteiger partial charge in [0.15, 0.2) is 0 Å². The molecule has 1 amide bonds. The van der Waals surface area contributed by atoms with Gasteiger partial charge in [-0.25, -0.2) is 13.1 Å². The lowest BCUT2D eigenvalue weighted by Crippen LogP contribution is -2.38. The maximum Gasteiger partial charge on any atom is 0.240 e. The summed E-state index contributed by atoms with van der Waals surface area (Å²) in [6, 6.07) is 15.1. The molecule has 3 rings (SSSR count). The molecule has 6 nitrogen and oxygen atoms in total. The van der Waals surface area contributed by atoms with Gasteiger partial charge in [0.05, 0.1) is 4.90 Å². The van der Waals surface area contributed by atoms with Crippen LogP contribution in [0.3, 0.4) is 0 Å². The summed E-state index contributed by atoms with van der Waals surface area (Å²) in [6.45, 7) is 2.07. The van der Waals surface area contributed by atoms with Crippen molar-refractivity contribution in [1.29, 1.82) is 0 Å². The number of carbonyl (C=O) groups excluding carboxylic acids is 1. The average molecular weight is 374 g/mol. The zero-order valence-corrected chi connectivity index (χ0v) is 15.4. The molecule has 0 aromatic heterocycles. The summed E-state index contributed by atoms with van der Waals surface area (Å²) >= 11 is 0. The molecule has 1 aliphatic heterocycles. The van der Waals surface area contributed by atoms with Gasteiger partial charge in [-0.05, 0) is 43.2 Å². The number of benzene rings is 2. The van der Waals surface area contributed by atoms with Crippen LogP contribution < -0.4 is 9.62 Å². The topological polar surface area (TPSA) is 86.7 Å². The van der Waals surface area contributed by atoms with Crippen molar-refractivity contribution in [2.45, 2.75) is 30.3 Å². The first kappa shape index (κ1) is 18.6. The lowest BCUT2D eigenvalue weighted by Gasteiger charge is -2.24. The molecule has 1 unspecified atom stereocenters. The fraction of sp³-hybridized carbons (Fsp3) is 0.316. The van der Waals surface area contributed by atoms with Crippen LogP contribution in [0.1, 0.15) is 25.3 Å². The molecule has 0 spiro atoms. The third kappa shape index (κ3) is 3.95. The van der Waals surface area contributed by atoms with Gasteiger partial charge < -0.3 is 10.0 Å². The van der Waals surface area contributed by atoms with Gasteiger partial charge >= 0.3 is 0 Å². The van der Waals surface area contributed by atoms with Gasteiger partial charge in [0.25, 0.3) is 0 Å². The highest BCUT2D eigenvalue weighted by atomic mass is 32.2. The molecule has 1 aliphatic rings. The van der Waals surface area contributed by atoms with Crippen molar-refractivity contribution in [3.8, 4) is 0 Å². The van der Waals surface area contributed by atoms with Crippen LogP contribution in [0.15, 0.2) is 59.5 Å². The Labute approximate surface area is 153 Å². The van der Waals surface area contributed by atoms with Crippen molar-refractivity contribution < 1.29 is 18.3 Å². The predicted molar refractivity (Wildman–Crippen MR) is 99.2 cm³/mol. The average Bonchev–Trinajstić information content (AvgIpc) is 3.07. The second-order valence-electron chi connectivity index (χ2n) is 6.61. The van der Waals surface area contributed by atoms with Crippen molar-refractivity contribution in [2.75, 3.05) is 18.0 Å². The van der Waals surface area contributed by atoms with E-state index in [1.54, 1.807) is 48.2 Å². The monoisotopic (exact) mass is 374 g/mol. The van der Waals surface area contributed by atoms with E-state index in [0.717, 1.165) is 6.42 Å². The molecule has 0 bridgehead atoms. The van der Waals surface area contributed by atoms with Crippen LogP contribution in [0.5, 0.6) is 0 Å². The van der Waals surface area contributed by atoms with Crippen molar-refractivity contribution in [1.82, 2.24) is 4.72 Å². The van der Waals surface area contributed by atoms with E-state index in [0.29, 0.717) is 24.2 Å². The number of carbonyl (C=O) groups is 1. The maximum atomic E-state index is 12.5. The number of hydrogen-bond acceptors (Lipinski definition) is 4. The zero-order valence-electron chi connectivity index (χ0n) is 14.6. The van der Waals surface area contributed by atoms with E-state index in [4.69, 9.17) is 0 Å². The number of anilines is 1. The summed E-state index contributed by atoms with van der Waals surface area (Å²) in [5.41, 5.74) is 0.00398. The molecule has 2 aromatic carbocycles. The summed E-state index contributed by atoms with van der Waals surface area (Å²) in [6.07, 6.45) is 1.34. The Kier molecular flexibility index (Phi) is 5.13. The highest BCUT2D eigenvalue weighted by molar-refractivity contribution is 7.89. The number of hydrogen-bond donors (Lipinski definition) is 2. The predicted octanol–water partition coefficient (Wildman–Crippen LogP) is 2.00. The zero-order chi connectivity index (χ0) is 18.8. The van der Waals surface area contributed by atoms with Gasteiger partial charge in [-0.1, -0.05) is 30.3 Å². The van der Waals surface area contributed by atoms with E-state index in [1.165, 1.54) is 12.1 Å².